The summed E-state index contributed by atoms with van der Waals surface area (Å²) in [7, 11) is 7.03. The highest BCUT2D eigenvalue weighted by molar-refractivity contribution is 8.00. The Balaban J connectivity index is 1.69. The number of ether oxygens (including phenoxy) is 3. The van der Waals surface area contributed by atoms with E-state index in [1.807, 2.05) is 17.0 Å². The Morgan fingerprint density at radius 2 is 1.61 bits per heavy atom. The number of likely N-dealkylation sites (N-methyl/N-ethyl adjacent to an activating group) is 1. The van der Waals surface area contributed by atoms with Crippen LogP contribution in [-0.2, 0) is 4.79 Å². The van der Waals surface area contributed by atoms with Gasteiger partial charge in [-0.05, 0) is 26.1 Å². The number of methoxy groups -OCH3 is 3. The third-order valence-corrected chi connectivity index (χ3v) is 6.68. The maximum absolute atomic E-state index is 12.5. The van der Waals surface area contributed by atoms with E-state index in [0.717, 1.165) is 51.3 Å². The molecule has 156 valence electrons. The summed E-state index contributed by atoms with van der Waals surface area (Å²) < 4.78 is 16.4. The smallest absolute Gasteiger partial charge is 0.233 e. The number of amides is 1. The van der Waals surface area contributed by atoms with Crippen molar-refractivity contribution in [2.24, 2.45) is 0 Å². The Hall–Kier alpha value is -1.64. The maximum atomic E-state index is 12.5. The molecule has 1 aromatic rings. The summed E-state index contributed by atoms with van der Waals surface area (Å²) in [6, 6.07) is 3.77. The lowest BCUT2D eigenvalue weighted by atomic mass is 10.1. The average molecular weight is 410 g/mol. The fraction of sp³-hybridized carbons (Fsp3) is 0.650. The molecular weight excluding hydrogens is 378 g/mol. The third-order valence-electron chi connectivity index (χ3n) is 5.44. The van der Waals surface area contributed by atoms with Crippen LogP contribution in [0.5, 0.6) is 17.2 Å². The topological polar surface area (TPSA) is 54.5 Å². The van der Waals surface area contributed by atoms with Crippen LogP contribution in [0.15, 0.2) is 12.1 Å². The largest absolute Gasteiger partial charge is 0.496 e. The average Bonchev–Trinajstić information content (AvgIpc) is 3.08. The summed E-state index contributed by atoms with van der Waals surface area (Å²) in [5.74, 6) is 2.67. The van der Waals surface area contributed by atoms with Gasteiger partial charge in [0, 0.05) is 44.4 Å². The Morgan fingerprint density at radius 3 is 2.25 bits per heavy atom. The third kappa shape index (κ3) is 4.67. The fourth-order valence-electron chi connectivity index (χ4n) is 3.74. The molecule has 7 nitrogen and oxygen atoms in total. The minimum Gasteiger partial charge on any atom is -0.496 e. The van der Waals surface area contributed by atoms with Crippen LogP contribution in [0, 0.1) is 0 Å². The number of thioether (sulfide) groups is 1. The van der Waals surface area contributed by atoms with Crippen molar-refractivity contribution in [3.63, 3.8) is 0 Å². The predicted octanol–water partition coefficient (Wildman–Crippen LogP) is 1.92. The number of nitrogens with zero attached hydrogens (tertiary/aromatic N) is 3. The normalized spacial score (nSPS) is 21.2. The van der Waals surface area contributed by atoms with Crippen molar-refractivity contribution in [3.8, 4) is 17.2 Å². The van der Waals surface area contributed by atoms with Crippen LogP contribution in [-0.4, -0.2) is 94.0 Å². The minimum absolute atomic E-state index is 0.0604. The van der Waals surface area contributed by atoms with E-state index in [0.29, 0.717) is 23.0 Å². The van der Waals surface area contributed by atoms with Crippen molar-refractivity contribution in [1.29, 1.82) is 0 Å². The molecule has 2 aliphatic rings. The van der Waals surface area contributed by atoms with Gasteiger partial charge < -0.3 is 28.9 Å². The quantitative estimate of drug-likeness (QED) is 0.650. The van der Waals surface area contributed by atoms with Gasteiger partial charge in [0.05, 0.1) is 27.1 Å². The second kappa shape index (κ2) is 9.71. The number of piperazine rings is 1. The zero-order valence-corrected chi connectivity index (χ0v) is 18.1. The van der Waals surface area contributed by atoms with Crippen molar-refractivity contribution in [3.05, 3.63) is 17.7 Å². The zero-order valence-electron chi connectivity index (χ0n) is 17.3. The first-order chi connectivity index (χ1) is 13.6. The van der Waals surface area contributed by atoms with E-state index < -0.39 is 0 Å². The molecule has 0 N–H and O–H groups in total. The molecule has 1 aromatic carbocycles. The van der Waals surface area contributed by atoms with Crippen molar-refractivity contribution in [1.82, 2.24) is 14.7 Å². The van der Waals surface area contributed by atoms with Gasteiger partial charge in [-0.1, -0.05) is 0 Å². The van der Waals surface area contributed by atoms with Crippen molar-refractivity contribution in [2.75, 3.05) is 73.4 Å². The highest BCUT2D eigenvalue weighted by atomic mass is 32.2. The van der Waals surface area contributed by atoms with Gasteiger partial charge in [0.25, 0.3) is 0 Å². The van der Waals surface area contributed by atoms with E-state index in [4.69, 9.17) is 14.2 Å². The molecule has 2 fully saturated rings. The van der Waals surface area contributed by atoms with Gasteiger partial charge in [0.1, 0.15) is 11.1 Å². The molecule has 0 bridgehead atoms. The van der Waals surface area contributed by atoms with Crippen LogP contribution in [0.1, 0.15) is 17.4 Å². The molecule has 0 spiro atoms. The molecule has 0 radical (unpaired) electrons. The summed E-state index contributed by atoms with van der Waals surface area (Å²) in [5, 5.41) is -0.0604. The van der Waals surface area contributed by atoms with E-state index in [2.05, 4.69) is 16.8 Å². The van der Waals surface area contributed by atoms with E-state index >= 15 is 0 Å². The number of rotatable bonds is 8. The Kier molecular flexibility index (Phi) is 7.31. The van der Waals surface area contributed by atoms with Crippen LogP contribution < -0.4 is 14.2 Å². The van der Waals surface area contributed by atoms with Gasteiger partial charge >= 0.3 is 0 Å². The molecule has 8 heteroatoms. The SMILES string of the molecule is COc1cc(OC)c(C2SCC(=O)N2CCCN2CCN(C)CC2)cc1OC. The monoisotopic (exact) mass is 409 g/mol. The van der Waals surface area contributed by atoms with Gasteiger partial charge in [0.2, 0.25) is 5.91 Å². The highest BCUT2D eigenvalue weighted by Gasteiger charge is 2.35. The second-order valence-electron chi connectivity index (χ2n) is 7.20. The van der Waals surface area contributed by atoms with Gasteiger partial charge in [0.15, 0.2) is 11.5 Å². The van der Waals surface area contributed by atoms with Gasteiger partial charge in [-0.2, -0.15) is 0 Å². The fourth-order valence-corrected chi connectivity index (χ4v) is 4.97. The minimum atomic E-state index is -0.0604. The molecule has 0 aromatic heterocycles. The molecule has 2 heterocycles. The first-order valence-electron chi connectivity index (χ1n) is 9.69. The van der Waals surface area contributed by atoms with E-state index in [9.17, 15) is 4.79 Å². The van der Waals surface area contributed by atoms with Crippen LogP contribution in [0.2, 0.25) is 0 Å². The van der Waals surface area contributed by atoms with Crippen LogP contribution in [0.4, 0.5) is 0 Å². The number of benzene rings is 1. The number of hydrogen-bond donors (Lipinski definition) is 0. The van der Waals surface area contributed by atoms with E-state index in [1.54, 1.807) is 33.1 Å². The Labute approximate surface area is 171 Å². The summed E-state index contributed by atoms with van der Waals surface area (Å²) in [6.07, 6.45) is 0.974. The van der Waals surface area contributed by atoms with Crippen LogP contribution in [0.25, 0.3) is 0 Å². The number of hydrogen-bond acceptors (Lipinski definition) is 7. The molecule has 1 amide bonds. The summed E-state index contributed by atoms with van der Waals surface area (Å²) in [5.41, 5.74) is 0.954. The highest BCUT2D eigenvalue weighted by Crippen LogP contribution is 2.46. The lowest BCUT2D eigenvalue weighted by molar-refractivity contribution is -0.128. The van der Waals surface area contributed by atoms with Gasteiger partial charge in [-0.3, -0.25) is 4.79 Å². The molecule has 0 saturated carbocycles. The number of carbonyl (C=O) groups is 1. The predicted molar refractivity (Wildman–Crippen MR) is 112 cm³/mol. The first-order valence-corrected chi connectivity index (χ1v) is 10.7. The van der Waals surface area contributed by atoms with Gasteiger partial charge in [-0.15, -0.1) is 11.8 Å². The van der Waals surface area contributed by atoms with Crippen molar-refractivity contribution < 1.29 is 19.0 Å². The Morgan fingerprint density at radius 1 is 0.964 bits per heavy atom. The van der Waals surface area contributed by atoms with Crippen LogP contribution in [0.3, 0.4) is 0 Å². The molecule has 1 unspecified atom stereocenters. The molecule has 2 saturated heterocycles. The standard InChI is InChI=1S/C20H31N3O4S/c1-21-8-10-22(11-9-21)6-5-7-23-19(24)14-28-20(23)15-12-17(26-3)18(27-4)13-16(15)25-2/h12-13,20H,5-11,14H2,1-4H3. The molecule has 3 rings (SSSR count). The molecular formula is C20H31N3O4S. The van der Waals surface area contributed by atoms with Crippen LogP contribution >= 0.6 is 11.8 Å². The van der Waals surface area contributed by atoms with E-state index in [-0.39, 0.29) is 11.3 Å². The van der Waals surface area contributed by atoms with E-state index in [1.165, 1.54) is 0 Å². The summed E-state index contributed by atoms with van der Waals surface area (Å²) in [6.45, 7) is 6.21. The summed E-state index contributed by atoms with van der Waals surface area (Å²) >= 11 is 1.64. The van der Waals surface area contributed by atoms with Gasteiger partial charge in [-0.25, -0.2) is 0 Å². The van der Waals surface area contributed by atoms with Crippen molar-refractivity contribution in [2.45, 2.75) is 11.8 Å². The maximum Gasteiger partial charge on any atom is 0.233 e. The number of carbonyl (C=O) groups excluding carboxylic acids is 1. The molecule has 28 heavy (non-hydrogen) atoms. The summed E-state index contributed by atoms with van der Waals surface area (Å²) in [4.78, 5) is 19.4. The zero-order chi connectivity index (χ0) is 20.1. The molecule has 0 aliphatic carbocycles. The van der Waals surface area contributed by atoms with Crippen molar-refractivity contribution >= 4 is 17.7 Å². The molecule has 2 aliphatic heterocycles. The second-order valence-corrected chi connectivity index (χ2v) is 8.27. The lowest BCUT2D eigenvalue weighted by Crippen LogP contribution is -2.45. The Bertz CT molecular complexity index is 680. The molecule has 1 atom stereocenters. The lowest BCUT2D eigenvalue weighted by Gasteiger charge is -2.33. The first kappa shape index (κ1) is 21.1.